The van der Waals surface area contributed by atoms with Crippen LogP contribution in [0.1, 0.15) is 18.9 Å². The van der Waals surface area contributed by atoms with Gasteiger partial charge in [-0.15, -0.1) is 0 Å². The number of hydrogen-bond donors (Lipinski definition) is 2. The highest BCUT2D eigenvalue weighted by atomic mass is 35.5. The van der Waals surface area contributed by atoms with Gasteiger partial charge in [0.05, 0.1) is 12.5 Å². The fourth-order valence-corrected chi connectivity index (χ4v) is 3.04. The lowest BCUT2D eigenvalue weighted by molar-refractivity contribution is -0.125. The second kappa shape index (κ2) is 7.90. The highest BCUT2D eigenvalue weighted by Crippen LogP contribution is 2.22. The summed E-state index contributed by atoms with van der Waals surface area (Å²) in [6.45, 7) is 2.92. The number of nitrogens with zero attached hydrogens (tertiary/aromatic N) is 1. The van der Waals surface area contributed by atoms with Gasteiger partial charge in [-0.3, -0.25) is 14.5 Å². The SMILES string of the molecule is CCNC(=O)[C@@H]1C[C@H](NC(=O)Cc2ccc(F)c(Cl)c2F)CN1C. The van der Waals surface area contributed by atoms with Crippen LogP contribution in [0.15, 0.2) is 12.1 Å². The number of nitrogens with one attached hydrogen (secondary N) is 2. The molecule has 1 aliphatic heterocycles. The summed E-state index contributed by atoms with van der Waals surface area (Å²) in [4.78, 5) is 25.9. The minimum absolute atomic E-state index is 0.0329. The quantitative estimate of drug-likeness (QED) is 0.783. The molecule has 0 saturated carbocycles. The van der Waals surface area contributed by atoms with Crippen LogP contribution in [0.4, 0.5) is 8.78 Å². The van der Waals surface area contributed by atoms with E-state index in [1.54, 1.807) is 0 Å². The van der Waals surface area contributed by atoms with E-state index < -0.39 is 22.6 Å². The summed E-state index contributed by atoms with van der Waals surface area (Å²) in [5, 5.41) is 4.93. The third-order valence-electron chi connectivity index (χ3n) is 4.03. The summed E-state index contributed by atoms with van der Waals surface area (Å²) >= 11 is 5.51. The van der Waals surface area contributed by atoms with Gasteiger partial charge < -0.3 is 10.6 Å². The zero-order valence-corrected chi connectivity index (χ0v) is 14.3. The fourth-order valence-electron chi connectivity index (χ4n) is 2.86. The van der Waals surface area contributed by atoms with Crippen LogP contribution in [0.3, 0.4) is 0 Å². The van der Waals surface area contributed by atoms with Crippen molar-refractivity contribution in [3.05, 3.63) is 34.4 Å². The van der Waals surface area contributed by atoms with Gasteiger partial charge in [0.2, 0.25) is 11.8 Å². The Morgan fingerprint density at radius 3 is 2.75 bits per heavy atom. The van der Waals surface area contributed by atoms with Crippen molar-refractivity contribution < 1.29 is 18.4 Å². The summed E-state index contributed by atoms with van der Waals surface area (Å²) in [5.74, 6) is -2.25. The summed E-state index contributed by atoms with van der Waals surface area (Å²) in [6.07, 6.45) is 0.249. The van der Waals surface area contributed by atoms with Crippen molar-refractivity contribution in [2.75, 3.05) is 20.1 Å². The minimum atomic E-state index is -0.921. The average Bonchev–Trinajstić information content (AvgIpc) is 2.88. The molecule has 1 saturated heterocycles. The van der Waals surface area contributed by atoms with Gasteiger partial charge in [0.25, 0.3) is 0 Å². The molecule has 1 aromatic rings. The third-order valence-corrected chi connectivity index (χ3v) is 4.38. The number of amides is 2. The van der Waals surface area contributed by atoms with Gasteiger partial charge in [0.15, 0.2) is 0 Å². The lowest BCUT2D eigenvalue weighted by Gasteiger charge is -2.17. The largest absolute Gasteiger partial charge is 0.355 e. The lowest BCUT2D eigenvalue weighted by Crippen LogP contribution is -2.41. The Morgan fingerprint density at radius 1 is 1.38 bits per heavy atom. The zero-order chi connectivity index (χ0) is 17.9. The maximum Gasteiger partial charge on any atom is 0.237 e. The molecule has 0 aromatic heterocycles. The number of benzene rings is 1. The molecule has 1 aliphatic rings. The first kappa shape index (κ1) is 18.6. The minimum Gasteiger partial charge on any atom is -0.355 e. The first-order chi connectivity index (χ1) is 11.3. The summed E-state index contributed by atoms with van der Waals surface area (Å²) < 4.78 is 27.0. The standard InChI is InChI=1S/C16H20ClF2N3O2/c1-3-20-16(24)12-7-10(8-22(12)2)21-13(23)6-9-4-5-11(18)14(17)15(9)19/h4-5,10,12H,3,6-8H2,1-2H3,(H,20,24)(H,21,23)/t10-,12-/m0/s1. The van der Waals surface area contributed by atoms with Crippen molar-refractivity contribution in [1.82, 2.24) is 15.5 Å². The molecule has 0 aliphatic carbocycles. The van der Waals surface area contributed by atoms with Gasteiger partial charge in [-0.25, -0.2) is 8.78 Å². The Bertz CT molecular complexity index is 642. The van der Waals surface area contributed by atoms with Gasteiger partial charge in [0, 0.05) is 19.1 Å². The second-order valence-electron chi connectivity index (χ2n) is 5.86. The number of halogens is 3. The number of likely N-dealkylation sites (N-methyl/N-ethyl adjacent to an activating group) is 2. The van der Waals surface area contributed by atoms with Crippen LogP contribution < -0.4 is 10.6 Å². The number of carbonyl (C=O) groups is 2. The van der Waals surface area contributed by atoms with E-state index in [-0.39, 0.29) is 30.0 Å². The van der Waals surface area contributed by atoms with E-state index in [0.717, 1.165) is 6.07 Å². The molecular formula is C16H20ClF2N3O2. The molecule has 5 nitrogen and oxygen atoms in total. The number of likely N-dealkylation sites (tertiary alicyclic amines) is 1. The Balaban J connectivity index is 1.94. The van der Waals surface area contributed by atoms with E-state index in [0.29, 0.717) is 19.5 Å². The van der Waals surface area contributed by atoms with Crippen LogP contribution in [-0.4, -0.2) is 48.9 Å². The number of carbonyl (C=O) groups excluding carboxylic acids is 2. The molecule has 0 unspecified atom stereocenters. The predicted octanol–water partition coefficient (Wildman–Crippen LogP) is 1.49. The van der Waals surface area contributed by atoms with E-state index in [4.69, 9.17) is 11.6 Å². The molecule has 2 atom stereocenters. The molecule has 1 fully saturated rings. The first-order valence-electron chi connectivity index (χ1n) is 7.73. The van der Waals surface area contributed by atoms with Crippen molar-refractivity contribution in [2.24, 2.45) is 0 Å². The van der Waals surface area contributed by atoms with Crippen molar-refractivity contribution in [3.63, 3.8) is 0 Å². The average molecular weight is 360 g/mol. The summed E-state index contributed by atoms with van der Waals surface area (Å²) in [5.41, 5.74) is 0.0329. The molecule has 132 valence electrons. The van der Waals surface area contributed by atoms with E-state index in [2.05, 4.69) is 10.6 Å². The number of hydrogen-bond acceptors (Lipinski definition) is 3. The molecule has 8 heteroatoms. The second-order valence-corrected chi connectivity index (χ2v) is 6.24. The topological polar surface area (TPSA) is 61.4 Å². The summed E-state index contributed by atoms with van der Waals surface area (Å²) in [7, 11) is 1.81. The third kappa shape index (κ3) is 4.21. The summed E-state index contributed by atoms with van der Waals surface area (Å²) in [6, 6.07) is 1.73. The van der Waals surface area contributed by atoms with Crippen LogP contribution in [0.25, 0.3) is 0 Å². The van der Waals surface area contributed by atoms with E-state index in [1.165, 1.54) is 6.07 Å². The van der Waals surface area contributed by atoms with Crippen molar-refractivity contribution >= 4 is 23.4 Å². The van der Waals surface area contributed by atoms with Gasteiger partial charge in [-0.05, 0) is 32.0 Å². The Morgan fingerprint density at radius 2 is 2.08 bits per heavy atom. The molecule has 2 amide bonds. The predicted molar refractivity (Wildman–Crippen MR) is 86.7 cm³/mol. The lowest BCUT2D eigenvalue weighted by atomic mass is 10.1. The maximum atomic E-state index is 13.8. The molecule has 1 heterocycles. The molecule has 2 rings (SSSR count). The smallest absolute Gasteiger partial charge is 0.237 e. The fraction of sp³-hybridized carbons (Fsp3) is 0.500. The van der Waals surface area contributed by atoms with Gasteiger partial charge in [-0.2, -0.15) is 0 Å². The molecular weight excluding hydrogens is 340 g/mol. The Hall–Kier alpha value is -1.73. The monoisotopic (exact) mass is 359 g/mol. The van der Waals surface area contributed by atoms with Crippen LogP contribution in [0, 0.1) is 11.6 Å². The molecule has 1 aromatic carbocycles. The molecule has 24 heavy (non-hydrogen) atoms. The first-order valence-corrected chi connectivity index (χ1v) is 8.11. The van der Waals surface area contributed by atoms with Crippen molar-refractivity contribution in [2.45, 2.75) is 31.8 Å². The van der Waals surface area contributed by atoms with E-state index in [9.17, 15) is 18.4 Å². The van der Waals surface area contributed by atoms with Gasteiger partial charge in [-0.1, -0.05) is 17.7 Å². The normalized spacial score (nSPS) is 20.9. The molecule has 0 bridgehead atoms. The van der Waals surface area contributed by atoms with Gasteiger partial charge >= 0.3 is 0 Å². The molecule has 2 N–H and O–H groups in total. The van der Waals surface area contributed by atoms with Crippen LogP contribution in [0.5, 0.6) is 0 Å². The highest BCUT2D eigenvalue weighted by molar-refractivity contribution is 6.31. The van der Waals surface area contributed by atoms with Crippen molar-refractivity contribution in [3.8, 4) is 0 Å². The van der Waals surface area contributed by atoms with E-state index >= 15 is 0 Å². The van der Waals surface area contributed by atoms with Crippen LogP contribution in [0.2, 0.25) is 5.02 Å². The highest BCUT2D eigenvalue weighted by Gasteiger charge is 2.34. The molecule has 0 radical (unpaired) electrons. The Labute approximate surface area is 144 Å². The van der Waals surface area contributed by atoms with Crippen LogP contribution in [-0.2, 0) is 16.0 Å². The number of rotatable bonds is 5. The molecule has 0 spiro atoms. The Kier molecular flexibility index (Phi) is 6.12. The van der Waals surface area contributed by atoms with Crippen LogP contribution >= 0.6 is 11.6 Å². The van der Waals surface area contributed by atoms with E-state index in [1.807, 2.05) is 18.9 Å². The van der Waals surface area contributed by atoms with Gasteiger partial charge in [0.1, 0.15) is 16.7 Å². The zero-order valence-electron chi connectivity index (χ0n) is 13.5. The maximum absolute atomic E-state index is 13.8. The van der Waals surface area contributed by atoms with Crippen molar-refractivity contribution in [1.29, 1.82) is 0 Å².